The van der Waals surface area contributed by atoms with Gasteiger partial charge in [0, 0.05) is 36.5 Å². The number of nitrogens with one attached hydrogen (secondary N) is 1. The maximum atomic E-state index is 12.5. The summed E-state index contributed by atoms with van der Waals surface area (Å²) in [6.45, 7) is 0. The number of rotatable bonds is 3. The standard InChI is InChI=1S/C16H15N3O5S2/c1-19-11(9-17)5-7-14(19)10-4-6-13-12(8-10)16(15(20)18-13,25(2,21)22)26(3,23)24/h4-8H,1-3H3,(H,18,20). The Morgan fingerprint density at radius 2 is 1.69 bits per heavy atom. The molecule has 3 rings (SSSR count). The zero-order chi connectivity index (χ0) is 19.5. The first kappa shape index (κ1) is 18.2. The molecule has 0 fully saturated rings. The van der Waals surface area contributed by atoms with Gasteiger partial charge < -0.3 is 9.88 Å². The zero-order valence-electron chi connectivity index (χ0n) is 14.1. The Bertz CT molecular complexity index is 1170. The van der Waals surface area contributed by atoms with Gasteiger partial charge in [0.1, 0.15) is 11.8 Å². The Morgan fingerprint density at radius 1 is 1.08 bits per heavy atom. The summed E-state index contributed by atoms with van der Waals surface area (Å²) in [5, 5.41) is 11.4. The van der Waals surface area contributed by atoms with E-state index in [2.05, 4.69) is 5.32 Å². The SMILES string of the molecule is Cn1c(C#N)ccc1-c1ccc2c(c1)C(S(C)(=O)=O)(S(C)(=O)=O)C(=O)N2. The van der Waals surface area contributed by atoms with Crippen molar-refractivity contribution in [3.8, 4) is 17.3 Å². The van der Waals surface area contributed by atoms with E-state index in [9.17, 15) is 21.6 Å². The van der Waals surface area contributed by atoms with E-state index >= 15 is 0 Å². The van der Waals surface area contributed by atoms with Crippen molar-refractivity contribution >= 4 is 31.3 Å². The lowest BCUT2D eigenvalue weighted by Crippen LogP contribution is -2.48. The van der Waals surface area contributed by atoms with Crippen LogP contribution < -0.4 is 5.32 Å². The van der Waals surface area contributed by atoms with Crippen LogP contribution in [0.15, 0.2) is 30.3 Å². The van der Waals surface area contributed by atoms with Gasteiger partial charge in [0.05, 0.1) is 0 Å². The molecule has 1 aliphatic rings. The predicted molar refractivity (Wildman–Crippen MR) is 95.6 cm³/mol. The van der Waals surface area contributed by atoms with Crippen molar-refractivity contribution in [2.24, 2.45) is 7.05 Å². The number of nitriles is 1. The molecule has 0 saturated carbocycles. The summed E-state index contributed by atoms with van der Waals surface area (Å²) in [4.78, 5) is 12.5. The van der Waals surface area contributed by atoms with Crippen LogP contribution in [0.1, 0.15) is 11.3 Å². The number of aromatic nitrogens is 1. The van der Waals surface area contributed by atoms with Crippen LogP contribution in [-0.4, -0.2) is 39.8 Å². The number of fused-ring (bicyclic) bond motifs is 1. The maximum absolute atomic E-state index is 12.5. The van der Waals surface area contributed by atoms with Gasteiger partial charge in [-0.25, -0.2) is 16.8 Å². The van der Waals surface area contributed by atoms with Crippen LogP contribution >= 0.6 is 0 Å². The molecule has 0 unspecified atom stereocenters. The minimum Gasteiger partial charge on any atom is -0.335 e. The number of sulfone groups is 2. The number of carbonyl (C=O) groups excluding carboxylic acids is 1. The van der Waals surface area contributed by atoms with Gasteiger partial charge in [0.25, 0.3) is 9.99 Å². The first-order valence-electron chi connectivity index (χ1n) is 7.36. The first-order valence-corrected chi connectivity index (χ1v) is 11.1. The molecule has 26 heavy (non-hydrogen) atoms. The molecule has 1 aromatic heterocycles. The fourth-order valence-electron chi connectivity index (χ4n) is 3.34. The predicted octanol–water partition coefficient (Wildman–Crippen LogP) is 0.758. The van der Waals surface area contributed by atoms with Crippen LogP contribution in [0.5, 0.6) is 0 Å². The van der Waals surface area contributed by atoms with E-state index in [-0.39, 0.29) is 11.3 Å². The molecule has 1 aromatic carbocycles. The van der Waals surface area contributed by atoms with Crippen LogP contribution in [0, 0.1) is 11.3 Å². The van der Waals surface area contributed by atoms with E-state index in [0.29, 0.717) is 17.0 Å². The van der Waals surface area contributed by atoms with Crippen LogP contribution in [0.25, 0.3) is 11.3 Å². The van der Waals surface area contributed by atoms with Crippen LogP contribution in [0.3, 0.4) is 0 Å². The number of hydrogen-bond donors (Lipinski definition) is 1. The summed E-state index contributed by atoms with van der Waals surface area (Å²) in [7, 11) is -7.05. The Hall–Kier alpha value is -2.64. The second-order valence-electron chi connectivity index (χ2n) is 6.15. The highest BCUT2D eigenvalue weighted by Gasteiger charge is 2.63. The summed E-state index contributed by atoms with van der Waals surface area (Å²) in [5.41, 5.74) is 1.45. The van der Waals surface area contributed by atoms with Crippen molar-refractivity contribution in [1.82, 2.24) is 4.57 Å². The molecular formula is C16H15N3O5S2. The maximum Gasteiger partial charge on any atom is 0.276 e. The Labute approximate surface area is 150 Å². The third-order valence-corrected chi connectivity index (χ3v) is 9.21. The first-order chi connectivity index (χ1) is 11.9. The van der Waals surface area contributed by atoms with Crippen molar-refractivity contribution in [3.63, 3.8) is 0 Å². The molecule has 136 valence electrons. The molecule has 2 aromatic rings. The van der Waals surface area contributed by atoms with Gasteiger partial charge in [-0.2, -0.15) is 5.26 Å². The summed E-state index contributed by atoms with van der Waals surface area (Å²) in [5.74, 6) is -1.11. The van der Waals surface area contributed by atoms with Crippen LogP contribution in [-0.2, 0) is 35.6 Å². The molecule has 2 heterocycles. The van der Waals surface area contributed by atoms with Gasteiger partial charge in [-0.15, -0.1) is 0 Å². The number of benzene rings is 1. The molecule has 1 amide bonds. The third kappa shape index (κ3) is 2.21. The minimum atomic E-state index is -4.35. The molecule has 1 aliphatic heterocycles. The highest BCUT2D eigenvalue weighted by atomic mass is 32.3. The van der Waals surface area contributed by atoms with E-state index in [1.807, 2.05) is 6.07 Å². The number of anilines is 1. The van der Waals surface area contributed by atoms with E-state index in [4.69, 9.17) is 5.26 Å². The summed E-state index contributed by atoms with van der Waals surface area (Å²) < 4.78 is 48.7. The Balaban J connectivity index is 2.37. The quantitative estimate of drug-likeness (QED) is 0.820. The monoisotopic (exact) mass is 393 g/mol. The van der Waals surface area contributed by atoms with Gasteiger partial charge in [0.2, 0.25) is 0 Å². The van der Waals surface area contributed by atoms with E-state index < -0.39 is 29.7 Å². The fourth-order valence-corrected chi connectivity index (χ4v) is 7.45. The minimum absolute atomic E-state index is 0.129. The van der Waals surface area contributed by atoms with Gasteiger partial charge in [0.15, 0.2) is 19.7 Å². The highest BCUT2D eigenvalue weighted by Crippen LogP contribution is 2.46. The van der Waals surface area contributed by atoms with Gasteiger partial charge in [-0.05, 0) is 29.8 Å². The molecule has 0 atom stereocenters. The number of amides is 1. The van der Waals surface area contributed by atoms with Gasteiger partial charge in [-0.3, -0.25) is 4.79 Å². The molecule has 0 bridgehead atoms. The normalized spacial score (nSPS) is 16.0. The van der Waals surface area contributed by atoms with Gasteiger partial charge in [-0.1, -0.05) is 6.07 Å². The molecular weight excluding hydrogens is 378 g/mol. The lowest BCUT2D eigenvalue weighted by Gasteiger charge is -2.23. The van der Waals surface area contributed by atoms with Crippen LogP contribution in [0.4, 0.5) is 5.69 Å². The van der Waals surface area contributed by atoms with Crippen molar-refractivity contribution in [2.75, 3.05) is 17.8 Å². The highest BCUT2D eigenvalue weighted by molar-refractivity contribution is 8.10. The van der Waals surface area contributed by atoms with Crippen LogP contribution in [0.2, 0.25) is 0 Å². The summed E-state index contributed by atoms with van der Waals surface area (Å²) >= 11 is 0. The zero-order valence-corrected chi connectivity index (χ0v) is 15.8. The second kappa shape index (κ2) is 5.43. The van der Waals surface area contributed by atoms with E-state index in [1.54, 1.807) is 29.8 Å². The molecule has 0 saturated heterocycles. The fraction of sp³-hybridized carbons (Fsp3) is 0.250. The van der Waals surface area contributed by atoms with E-state index in [1.165, 1.54) is 12.1 Å². The van der Waals surface area contributed by atoms with Crippen molar-refractivity contribution in [3.05, 3.63) is 41.6 Å². The number of hydrogen-bond acceptors (Lipinski definition) is 6. The Kier molecular flexibility index (Phi) is 3.79. The average molecular weight is 393 g/mol. The Morgan fingerprint density at radius 3 is 2.19 bits per heavy atom. The number of nitrogens with zero attached hydrogens (tertiary/aromatic N) is 2. The molecule has 10 heteroatoms. The number of carbonyl (C=O) groups is 1. The smallest absolute Gasteiger partial charge is 0.276 e. The average Bonchev–Trinajstić information content (AvgIpc) is 3.02. The lowest BCUT2D eigenvalue weighted by molar-refractivity contribution is -0.116. The molecule has 0 spiro atoms. The topological polar surface area (TPSA) is 126 Å². The molecule has 1 N–H and O–H groups in total. The van der Waals surface area contributed by atoms with Crippen molar-refractivity contribution in [1.29, 1.82) is 5.26 Å². The summed E-state index contributed by atoms with van der Waals surface area (Å²) in [6, 6.07) is 9.71. The molecule has 8 nitrogen and oxygen atoms in total. The van der Waals surface area contributed by atoms with Crippen molar-refractivity contribution < 1.29 is 21.6 Å². The second-order valence-corrected chi connectivity index (χ2v) is 10.7. The third-order valence-electron chi connectivity index (χ3n) is 4.50. The largest absolute Gasteiger partial charge is 0.335 e. The lowest BCUT2D eigenvalue weighted by atomic mass is 10.1. The molecule has 0 radical (unpaired) electrons. The molecule has 0 aliphatic carbocycles. The van der Waals surface area contributed by atoms with Crippen molar-refractivity contribution in [2.45, 2.75) is 4.08 Å². The summed E-state index contributed by atoms with van der Waals surface area (Å²) in [6.07, 6.45) is 1.46. The van der Waals surface area contributed by atoms with Gasteiger partial charge >= 0.3 is 0 Å². The van der Waals surface area contributed by atoms with E-state index in [0.717, 1.165) is 12.5 Å².